The SMILES string of the molecule is C=C(/C(CC(C)C)=C1/CCC/C1=C(/C)Cc1ccc(C)cc1)[C@@H]1O[C@H](CO)[C@@H](O)[C@H](O)[C@H]1O. The Morgan fingerprint density at radius 3 is 2.27 bits per heavy atom. The van der Waals surface area contributed by atoms with Crippen molar-refractivity contribution in [1.29, 1.82) is 0 Å². The Kier molecular flexibility index (Phi) is 8.70. The van der Waals surface area contributed by atoms with Crippen molar-refractivity contribution >= 4 is 0 Å². The van der Waals surface area contributed by atoms with Crippen molar-refractivity contribution in [2.24, 2.45) is 5.92 Å². The number of benzene rings is 1. The molecule has 1 aromatic rings. The van der Waals surface area contributed by atoms with Crippen LogP contribution in [0.4, 0.5) is 0 Å². The predicted octanol–water partition coefficient (Wildman–Crippen LogP) is 3.78. The zero-order valence-corrected chi connectivity index (χ0v) is 20.4. The molecule has 1 aromatic carbocycles. The lowest BCUT2D eigenvalue weighted by atomic mass is 9.82. The average Bonchev–Trinajstić information content (AvgIpc) is 3.27. The smallest absolute Gasteiger partial charge is 0.113 e. The molecule has 0 bridgehead atoms. The maximum atomic E-state index is 10.7. The van der Waals surface area contributed by atoms with E-state index < -0.39 is 37.1 Å². The van der Waals surface area contributed by atoms with Crippen molar-refractivity contribution in [3.63, 3.8) is 0 Å². The highest BCUT2D eigenvalue weighted by atomic mass is 16.5. The van der Waals surface area contributed by atoms with Crippen LogP contribution >= 0.6 is 0 Å². The van der Waals surface area contributed by atoms with Gasteiger partial charge in [0.25, 0.3) is 0 Å². The lowest BCUT2D eigenvalue weighted by molar-refractivity contribution is -0.218. The molecule has 1 aliphatic carbocycles. The van der Waals surface area contributed by atoms with Gasteiger partial charge in [-0.15, -0.1) is 0 Å². The summed E-state index contributed by atoms with van der Waals surface area (Å²) in [4.78, 5) is 0. The van der Waals surface area contributed by atoms with Crippen LogP contribution in [0.1, 0.15) is 57.6 Å². The summed E-state index contributed by atoms with van der Waals surface area (Å²) in [6.45, 7) is 12.5. The Morgan fingerprint density at radius 1 is 1.03 bits per heavy atom. The van der Waals surface area contributed by atoms with Crippen LogP contribution in [-0.4, -0.2) is 57.6 Å². The van der Waals surface area contributed by atoms with E-state index in [1.807, 2.05) is 0 Å². The molecule has 1 saturated carbocycles. The van der Waals surface area contributed by atoms with Crippen LogP contribution in [0, 0.1) is 12.8 Å². The summed E-state index contributed by atoms with van der Waals surface area (Å²) in [5.74, 6) is 0.369. The highest BCUT2D eigenvalue weighted by molar-refractivity contribution is 5.50. The van der Waals surface area contributed by atoms with Gasteiger partial charge in [-0.3, -0.25) is 0 Å². The molecule has 1 aliphatic heterocycles. The van der Waals surface area contributed by atoms with E-state index in [4.69, 9.17) is 4.74 Å². The maximum Gasteiger partial charge on any atom is 0.113 e. The van der Waals surface area contributed by atoms with Gasteiger partial charge in [-0.25, -0.2) is 0 Å². The molecule has 0 unspecified atom stereocenters. The zero-order valence-electron chi connectivity index (χ0n) is 20.4. The number of rotatable bonds is 7. The Labute approximate surface area is 198 Å². The molecular formula is C28H40O5. The molecule has 4 N–H and O–H groups in total. The van der Waals surface area contributed by atoms with Crippen molar-refractivity contribution in [2.45, 2.75) is 90.3 Å². The minimum atomic E-state index is -1.40. The number of aliphatic hydroxyl groups is 4. The predicted molar refractivity (Wildman–Crippen MR) is 131 cm³/mol. The van der Waals surface area contributed by atoms with Gasteiger partial charge < -0.3 is 25.2 Å². The highest BCUT2D eigenvalue weighted by Gasteiger charge is 2.45. The molecule has 33 heavy (non-hydrogen) atoms. The summed E-state index contributed by atoms with van der Waals surface area (Å²) in [7, 11) is 0. The summed E-state index contributed by atoms with van der Waals surface area (Å²) in [5, 5.41) is 40.8. The van der Waals surface area contributed by atoms with Crippen LogP contribution in [0.5, 0.6) is 0 Å². The van der Waals surface area contributed by atoms with Crippen molar-refractivity contribution in [1.82, 2.24) is 0 Å². The molecule has 2 fully saturated rings. The number of aryl methyl sites for hydroxylation is 1. The third-order valence-corrected chi connectivity index (χ3v) is 6.92. The highest BCUT2D eigenvalue weighted by Crippen LogP contribution is 2.41. The second-order valence-corrected chi connectivity index (χ2v) is 10.1. The number of ether oxygens (including phenoxy) is 1. The molecule has 3 rings (SSSR count). The molecule has 1 heterocycles. The monoisotopic (exact) mass is 456 g/mol. The zero-order chi connectivity index (χ0) is 24.3. The van der Waals surface area contributed by atoms with Crippen LogP contribution in [0.25, 0.3) is 0 Å². The van der Waals surface area contributed by atoms with Crippen LogP contribution < -0.4 is 0 Å². The fourth-order valence-corrected chi connectivity index (χ4v) is 5.08. The lowest BCUT2D eigenvalue weighted by Crippen LogP contribution is -2.59. The summed E-state index contributed by atoms with van der Waals surface area (Å²) in [5.41, 5.74) is 8.22. The van der Waals surface area contributed by atoms with Crippen LogP contribution in [-0.2, 0) is 11.2 Å². The molecule has 0 radical (unpaired) electrons. The second kappa shape index (κ2) is 11.1. The average molecular weight is 457 g/mol. The molecule has 0 aromatic heterocycles. The van der Waals surface area contributed by atoms with E-state index in [9.17, 15) is 20.4 Å². The van der Waals surface area contributed by atoms with E-state index in [1.165, 1.54) is 27.8 Å². The van der Waals surface area contributed by atoms with Gasteiger partial charge >= 0.3 is 0 Å². The van der Waals surface area contributed by atoms with E-state index in [2.05, 4.69) is 58.5 Å². The third kappa shape index (κ3) is 5.84. The quantitative estimate of drug-likeness (QED) is 0.501. The van der Waals surface area contributed by atoms with Gasteiger partial charge in [-0.1, -0.05) is 55.8 Å². The first-order valence-electron chi connectivity index (χ1n) is 12.1. The minimum Gasteiger partial charge on any atom is -0.394 e. The van der Waals surface area contributed by atoms with Crippen LogP contribution in [0.3, 0.4) is 0 Å². The second-order valence-electron chi connectivity index (χ2n) is 10.1. The largest absolute Gasteiger partial charge is 0.394 e. The molecule has 0 spiro atoms. The Morgan fingerprint density at radius 2 is 1.67 bits per heavy atom. The number of hydrogen-bond acceptors (Lipinski definition) is 5. The van der Waals surface area contributed by atoms with Crippen molar-refractivity contribution < 1.29 is 25.2 Å². The normalized spacial score (nSPS) is 31.1. The summed E-state index contributed by atoms with van der Waals surface area (Å²) >= 11 is 0. The maximum absolute atomic E-state index is 10.7. The van der Waals surface area contributed by atoms with Gasteiger partial charge in [0.1, 0.15) is 30.5 Å². The molecule has 2 aliphatic rings. The number of hydrogen-bond donors (Lipinski definition) is 4. The molecule has 5 heteroatoms. The standard InChI is InChI=1S/C28H40O5/c1-16(2)13-23(19(5)28-27(32)26(31)25(30)24(15-29)33-28)22-8-6-7-21(22)18(4)14-20-11-9-17(3)10-12-20/h9-12,16,24-32H,5-8,13-15H2,1-4H3/b21-18+,23-22-/t24-,25-,26+,27-,28+/m1/s1. The molecule has 5 atom stereocenters. The van der Waals surface area contributed by atoms with E-state index in [0.29, 0.717) is 11.5 Å². The lowest BCUT2D eigenvalue weighted by Gasteiger charge is -2.41. The first-order valence-corrected chi connectivity index (χ1v) is 12.1. The fourth-order valence-electron chi connectivity index (χ4n) is 5.08. The van der Waals surface area contributed by atoms with Gasteiger partial charge in [0, 0.05) is 0 Å². The van der Waals surface area contributed by atoms with E-state index in [0.717, 1.165) is 37.7 Å². The Balaban J connectivity index is 1.98. The number of allylic oxidation sites excluding steroid dienone is 3. The van der Waals surface area contributed by atoms with E-state index in [-0.39, 0.29) is 0 Å². The van der Waals surface area contributed by atoms with Crippen molar-refractivity contribution in [3.05, 3.63) is 69.8 Å². The Bertz CT molecular complexity index is 893. The Hall–Kier alpha value is -1.76. The van der Waals surface area contributed by atoms with Gasteiger partial charge in [-0.05, 0) is 79.7 Å². The molecule has 0 amide bonds. The molecule has 1 saturated heterocycles. The summed E-state index contributed by atoms with van der Waals surface area (Å²) in [6, 6.07) is 8.65. The number of aliphatic hydroxyl groups excluding tert-OH is 4. The van der Waals surface area contributed by atoms with E-state index >= 15 is 0 Å². The molecular weight excluding hydrogens is 416 g/mol. The van der Waals surface area contributed by atoms with Gasteiger partial charge in [0.05, 0.1) is 6.61 Å². The van der Waals surface area contributed by atoms with Crippen LogP contribution in [0.2, 0.25) is 0 Å². The fraction of sp³-hybridized carbons (Fsp3) is 0.571. The van der Waals surface area contributed by atoms with Crippen molar-refractivity contribution in [3.8, 4) is 0 Å². The van der Waals surface area contributed by atoms with Crippen LogP contribution in [0.15, 0.2) is 58.7 Å². The minimum absolute atomic E-state index is 0.369. The molecule has 5 nitrogen and oxygen atoms in total. The third-order valence-electron chi connectivity index (χ3n) is 6.92. The molecule has 182 valence electrons. The van der Waals surface area contributed by atoms with Gasteiger partial charge in [0.2, 0.25) is 0 Å². The topological polar surface area (TPSA) is 90.2 Å². The van der Waals surface area contributed by atoms with E-state index in [1.54, 1.807) is 0 Å². The van der Waals surface area contributed by atoms with Gasteiger partial charge in [0.15, 0.2) is 0 Å². The van der Waals surface area contributed by atoms with Crippen molar-refractivity contribution in [2.75, 3.05) is 6.61 Å². The first kappa shape index (κ1) is 25.9. The summed E-state index contributed by atoms with van der Waals surface area (Å²) < 4.78 is 5.86. The van der Waals surface area contributed by atoms with Gasteiger partial charge in [-0.2, -0.15) is 0 Å². The first-order chi connectivity index (χ1) is 15.6. The summed E-state index contributed by atoms with van der Waals surface area (Å²) in [6.07, 6.45) is -1.18.